The third-order valence-corrected chi connectivity index (χ3v) is 4.87. The summed E-state index contributed by atoms with van der Waals surface area (Å²) in [6.45, 7) is 0.474. The molecule has 134 valence electrons. The van der Waals surface area contributed by atoms with E-state index in [4.69, 9.17) is 5.14 Å². The van der Waals surface area contributed by atoms with Crippen molar-refractivity contribution < 1.29 is 12.8 Å². The molecule has 0 spiro atoms. The van der Waals surface area contributed by atoms with Crippen molar-refractivity contribution in [3.8, 4) is 22.4 Å². The zero-order valence-electron chi connectivity index (χ0n) is 14.1. The number of primary sulfonamides is 1. The smallest absolute Gasteiger partial charge is 0.240 e. The van der Waals surface area contributed by atoms with Crippen molar-refractivity contribution in [2.24, 2.45) is 5.14 Å². The normalized spacial score (nSPS) is 11.5. The fourth-order valence-electron chi connectivity index (χ4n) is 2.86. The molecular formula is C19H18FN3O2S. The van der Waals surface area contributed by atoms with Crippen LogP contribution in [0.2, 0.25) is 0 Å². The summed E-state index contributed by atoms with van der Waals surface area (Å²) >= 11 is 0. The first-order valence-electron chi connectivity index (χ1n) is 7.92. The maximum Gasteiger partial charge on any atom is 0.240 e. The molecule has 1 heterocycles. The number of halogens is 1. The van der Waals surface area contributed by atoms with Gasteiger partial charge in [-0.1, -0.05) is 30.3 Å². The van der Waals surface area contributed by atoms with Gasteiger partial charge in [0, 0.05) is 18.3 Å². The number of nitrogens with two attached hydrogens (primary N) is 1. The summed E-state index contributed by atoms with van der Waals surface area (Å²) in [5.41, 5.74) is 2.16. The summed E-state index contributed by atoms with van der Waals surface area (Å²) in [6, 6.07) is 15.2. The largest absolute Gasteiger partial charge is 0.316 e. The van der Waals surface area contributed by atoms with Crippen LogP contribution in [0, 0.1) is 5.82 Å². The number of hydrogen-bond donors (Lipinski definition) is 2. The minimum Gasteiger partial charge on any atom is -0.316 e. The quantitative estimate of drug-likeness (QED) is 0.722. The van der Waals surface area contributed by atoms with E-state index in [1.807, 2.05) is 36.4 Å². The van der Waals surface area contributed by atoms with Gasteiger partial charge in [-0.3, -0.25) is 4.98 Å². The van der Waals surface area contributed by atoms with E-state index in [0.717, 1.165) is 11.1 Å². The van der Waals surface area contributed by atoms with E-state index < -0.39 is 15.8 Å². The molecule has 2 aromatic carbocycles. The molecule has 0 unspecified atom stereocenters. The van der Waals surface area contributed by atoms with Gasteiger partial charge in [-0.25, -0.2) is 17.9 Å². The van der Waals surface area contributed by atoms with Crippen LogP contribution in [0.4, 0.5) is 4.39 Å². The highest BCUT2D eigenvalue weighted by atomic mass is 32.2. The van der Waals surface area contributed by atoms with Crippen LogP contribution in [-0.2, 0) is 16.6 Å². The lowest BCUT2D eigenvalue weighted by Crippen LogP contribution is -2.14. The first-order chi connectivity index (χ1) is 12.4. The van der Waals surface area contributed by atoms with Crippen molar-refractivity contribution in [1.82, 2.24) is 10.3 Å². The van der Waals surface area contributed by atoms with E-state index in [2.05, 4.69) is 10.3 Å². The van der Waals surface area contributed by atoms with Crippen molar-refractivity contribution in [3.05, 3.63) is 72.2 Å². The maximum atomic E-state index is 15.1. The molecular weight excluding hydrogens is 353 g/mol. The summed E-state index contributed by atoms with van der Waals surface area (Å²) in [5, 5.41) is 8.30. The molecule has 7 heteroatoms. The lowest BCUT2D eigenvalue weighted by atomic mass is 9.94. The third kappa shape index (κ3) is 3.65. The van der Waals surface area contributed by atoms with Crippen LogP contribution in [0.5, 0.6) is 0 Å². The maximum absolute atomic E-state index is 15.1. The second-order valence-electron chi connectivity index (χ2n) is 5.79. The minimum absolute atomic E-state index is 0.00219. The second kappa shape index (κ2) is 7.33. The van der Waals surface area contributed by atoms with Gasteiger partial charge in [-0.15, -0.1) is 0 Å². The second-order valence-corrected chi connectivity index (χ2v) is 7.32. The number of hydrogen-bond acceptors (Lipinski definition) is 4. The molecule has 0 aliphatic carbocycles. The topological polar surface area (TPSA) is 85.1 Å². The number of rotatable bonds is 5. The lowest BCUT2D eigenvalue weighted by molar-refractivity contribution is 0.597. The molecule has 5 nitrogen and oxygen atoms in total. The van der Waals surface area contributed by atoms with E-state index in [1.54, 1.807) is 7.05 Å². The predicted molar refractivity (Wildman–Crippen MR) is 99.2 cm³/mol. The number of nitrogens with zero attached hydrogens (tertiary/aromatic N) is 1. The highest BCUT2D eigenvalue weighted by Gasteiger charge is 2.22. The Bertz CT molecular complexity index is 1040. The summed E-state index contributed by atoms with van der Waals surface area (Å²) in [4.78, 5) is 3.91. The fraction of sp³-hybridized carbons (Fsp3) is 0.105. The van der Waals surface area contributed by atoms with E-state index in [-0.39, 0.29) is 16.2 Å². The minimum atomic E-state index is -4.06. The van der Waals surface area contributed by atoms with Gasteiger partial charge < -0.3 is 5.32 Å². The lowest BCUT2D eigenvalue weighted by Gasteiger charge is -2.15. The van der Waals surface area contributed by atoms with Crippen LogP contribution >= 0.6 is 0 Å². The Morgan fingerprint density at radius 1 is 1.12 bits per heavy atom. The zero-order valence-corrected chi connectivity index (χ0v) is 14.9. The monoisotopic (exact) mass is 371 g/mol. The zero-order chi connectivity index (χ0) is 18.7. The molecule has 3 rings (SSSR count). The van der Waals surface area contributed by atoms with E-state index in [0.29, 0.717) is 12.1 Å². The molecule has 26 heavy (non-hydrogen) atoms. The Labute approximate surface area is 151 Å². The van der Waals surface area contributed by atoms with Gasteiger partial charge in [0.1, 0.15) is 10.7 Å². The third-order valence-electron chi connectivity index (χ3n) is 3.93. The van der Waals surface area contributed by atoms with Gasteiger partial charge in [-0.05, 0) is 48.0 Å². The summed E-state index contributed by atoms with van der Waals surface area (Å²) in [7, 11) is -2.29. The molecule has 0 aliphatic rings. The van der Waals surface area contributed by atoms with Crippen LogP contribution in [0.3, 0.4) is 0 Å². The Hall–Kier alpha value is -2.61. The van der Waals surface area contributed by atoms with Crippen molar-refractivity contribution in [3.63, 3.8) is 0 Å². The molecule has 3 aromatic rings. The molecule has 1 aromatic heterocycles. The Morgan fingerprint density at radius 3 is 2.50 bits per heavy atom. The highest BCUT2D eigenvalue weighted by Crippen LogP contribution is 2.37. The fourth-order valence-corrected chi connectivity index (χ4v) is 3.56. The highest BCUT2D eigenvalue weighted by molar-refractivity contribution is 7.89. The van der Waals surface area contributed by atoms with Gasteiger partial charge in [0.2, 0.25) is 10.0 Å². The average molecular weight is 371 g/mol. The summed E-state index contributed by atoms with van der Waals surface area (Å²) in [5.74, 6) is -0.555. The molecule has 0 fully saturated rings. The Morgan fingerprint density at radius 2 is 1.85 bits per heavy atom. The van der Waals surface area contributed by atoms with Crippen molar-refractivity contribution in [2.75, 3.05) is 7.05 Å². The summed E-state index contributed by atoms with van der Waals surface area (Å²) in [6.07, 6.45) is 1.42. The van der Waals surface area contributed by atoms with Gasteiger partial charge in [0.25, 0.3) is 0 Å². The number of nitrogens with one attached hydrogen (secondary N) is 1. The standard InChI is InChI=1S/C19H18FN3O2S/c1-22-12-13-10-15(14-6-3-2-4-7-14)18(16(20)11-13)19-17(26(21,24)25)8-5-9-23-19/h2-11,22H,12H2,1H3,(H2,21,24,25). The van der Waals surface area contributed by atoms with Gasteiger partial charge in [-0.2, -0.15) is 0 Å². The molecule has 0 radical (unpaired) electrons. The number of pyridine rings is 1. The van der Waals surface area contributed by atoms with Crippen molar-refractivity contribution in [2.45, 2.75) is 11.4 Å². The molecule has 0 saturated heterocycles. The molecule has 0 atom stereocenters. The number of sulfonamides is 1. The van der Waals surface area contributed by atoms with Crippen molar-refractivity contribution >= 4 is 10.0 Å². The number of aromatic nitrogens is 1. The van der Waals surface area contributed by atoms with Crippen LogP contribution < -0.4 is 10.5 Å². The molecule has 3 N–H and O–H groups in total. The van der Waals surface area contributed by atoms with Crippen LogP contribution in [0.25, 0.3) is 22.4 Å². The Balaban J connectivity index is 2.36. The summed E-state index contributed by atoms with van der Waals surface area (Å²) < 4.78 is 39.0. The molecule has 0 saturated carbocycles. The SMILES string of the molecule is CNCc1cc(F)c(-c2ncccc2S(N)(=O)=O)c(-c2ccccc2)c1. The van der Waals surface area contributed by atoms with Crippen molar-refractivity contribution in [1.29, 1.82) is 0 Å². The van der Waals surface area contributed by atoms with E-state index >= 15 is 4.39 Å². The first kappa shape index (κ1) is 18.2. The number of benzene rings is 2. The molecule has 0 aliphatic heterocycles. The average Bonchev–Trinajstić information content (AvgIpc) is 2.61. The van der Waals surface area contributed by atoms with E-state index in [9.17, 15) is 8.42 Å². The molecule has 0 bridgehead atoms. The van der Waals surface area contributed by atoms with Crippen LogP contribution in [0.1, 0.15) is 5.56 Å². The predicted octanol–water partition coefficient (Wildman–Crippen LogP) is 2.92. The van der Waals surface area contributed by atoms with Gasteiger partial charge >= 0.3 is 0 Å². The molecule has 0 amide bonds. The Kier molecular flexibility index (Phi) is 5.13. The van der Waals surface area contributed by atoms with Gasteiger partial charge in [0.05, 0.1) is 5.69 Å². The van der Waals surface area contributed by atoms with Crippen LogP contribution in [0.15, 0.2) is 65.7 Å². The van der Waals surface area contributed by atoms with Crippen LogP contribution in [-0.4, -0.2) is 20.4 Å². The van der Waals surface area contributed by atoms with Gasteiger partial charge in [0.15, 0.2) is 0 Å². The first-order valence-corrected chi connectivity index (χ1v) is 9.47. The van der Waals surface area contributed by atoms with E-state index in [1.165, 1.54) is 24.4 Å².